The lowest BCUT2D eigenvalue weighted by Gasteiger charge is -2.12. The highest BCUT2D eigenvalue weighted by Gasteiger charge is 2.13. The molecule has 20 heavy (non-hydrogen) atoms. The molecular formula is C16H25FN2O. The van der Waals surface area contributed by atoms with Crippen molar-refractivity contribution in [1.82, 2.24) is 5.32 Å². The summed E-state index contributed by atoms with van der Waals surface area (Å²) in [5.41, 5.74) is 0.658. The quantitative estimate of drug-likeness (QED) is 0.711. The van der Waals surface area contributed by atoms with E-state index in [2.05, 4.69) is 24.5 Å². The van der Waals surface area contributed by atoms with Gasteiger partial charge < -0.3 is 10.6 Å². The monoisotopic (exact) mass is 280 g/mol. The summed E-state index contributed by atoms with van der Waals surface area (Å²) in [6.45, 7) is 7.46. The average molecular weight is 280 g/mol. The third kappa shape index (κ3) is 5.19. The SMILES string of the molecule is CCNc1c(F)cccc1C(=O)NCCCCC(C)C. The van der Waals surface area contributed by atoms with Crippen LogP contribution in [0.25, 0.3) is 0 Å². The predicted octanol–water partition coefficient (Wildman–Crippen LogP) is 3.81. The van der Waals surface area contributed by atoms with Gasteiger partial charge in [0, 0.05) is 13.1 Å². The third-order valence-corrected chi connectivity index (χ3v) is 3.11. The van der Waals surface area contributed by atoms with Crippen LogP contribution in [0, 0.1) is 11.7 Å². The third-order valence-electron chi connectivity index (χ3n) is 3.11. The number of amides is 1. The molecule has 0 fully saturated rings. The number of unbranched alkanes of at least 4 members (excludes halogenated alkanes) is 1. The van der Waals surface area contributed by atoms with Crippen molar-refractivity contribution >= 4 is 11.6 Å². The Balaban J connectivity index is 2.53. The zero-order valence-electron chi connectivity index (χ0n) is 12.6. The van der Waals surface area contributed by atoms with Gasteiger partial charge in [-0.05, 0) is 31.4 Å². The van der Waals surface area contributed by atoms with E-state index in [1.54, 1.807) is 12.1 Å². The Morgan fingerprint density at radius 2 is 2.05 bits per heavy atom. The zero-order valence-corrected chi connectivity index (χ0v) is 12.6. The maximum absolute atomic E-state index is 13.7. The van der Waals surface area contributed by atoms with Crippen LogP contribution >= 0.6 is 0 Å². The maximum atomic E-state index is 13.7. The predicted molar refractivity (Wildman–Crippen MR) is 81.6 cm³/mol. The fourth-order valence-electron chi connectivity index (χ4n) is 2.04. The molecule has 0 aromatic heterocycles. The Hall–Kier alpha value is -1.58. The minimum absolute atomic E-state index is 0.218. The first-order chi connectivity index (χ1) is 9.56. The van der Waals surface area contributed by atoms with Crippen molar-refractivity contribution in [3.05, 3.63) is 29.6 Å². The molecule has 0 unspecified atom stereocenters. The van der Waals surface area contributed by atoms with E-state index in [1.807, 2.05) is 6.92 Å². The molecule has 0 atom stereocenters. The van der Waals surface area contributed by atoms with E-state index >= 15 is 0 Å². The summed E-state index contributed by atoms with van der Waals surface area (Å²) in [4.78, 5) is 12.1. The summed E-state index contributed by atoms with van der Waals surface area (Å²) in [7, 11) is 0. The van der Waals surface area contributed by atoms with Gasteiger partial charge in [-0.2, -0.15) is 0 Å². The maximum Gasteiger partial charge on any atom is 0.253 e. The van der Waals surface area contributed by atoms with Crippen molar-refractivity contribution < 1.29 is 9.18 Å². The Morgan fingerprint density at radius 3 is 2.70 bits per heavy atom. The smallest absolute Gasteiger partial charge is 0.253 e. The number of halogens is 1. The van der Waals surface area contributed by atoms with Crippen LogP contribution in [0.2, 0.25) is 0 Å². The standard InChI is InChI=1S/C16H25FN2O/c1-4-18-15-13(9-7-10-14(15)17)16(20)19-11-6-5-8-12(2)3/h7,9-10,12,18H,4-6,8,11H2,1-3H3,(H,19,20). The molecular weight excluding hydrogens is 255 g/mol. The van der Waals surface area contributed by atoms with Crippen molar-refractivity contribution in [3.63, 3.8) is 0 Å². The van der Waals surface area contributed by atoms with Gasteiger partial charge in [-0.1, -0.05) is 32.8 Å². The second-order valence-electron chi connectivity index (χ2n) is 5.34. The lowest BCUT2D eigenvalue weighted by Crippen LogP contribution is -2.25. The molecule has 0 radical (unpaired) electrons. The van der Waals surface area contributed by atoms with Gasteiger partial charge in [-0.3, -0.25) is 4.79 Å². The zero-order chi connectivity index (χ0) is 15.0. The summed E-state index contributed by atoms with van der Waals surface area (Å²) in [5, 5.41) is 5.76. The first-order valence-corrected chi connectivity index (χ1v) is 7.36. The molecule has 0 spiro atoms. The van der Waals surface area contributed by atoms with E-state index in [1.165, 1.54) is 12.5 Å². The van der Waals surface area contributed by atoms with E-state index in [9.17, 15) is 9.18 Å². The summed E-state index contributed by atoms with van der Waals surface area (Å²) in [6.07, 6.45) is 3.22. The van der Waals surface area contributed by atoms with Gasteiger partial charge in [-0.25, -0.2) is 4.39 Å². The first-order valence-electron chi connectivity index (χ1n) is 7.36. The molecule has 1 aromatic carbocycles. The highest BCUT2D eigenvalue weighted by molar-refractivity contribution is 5.99. The molecule has 0 saturated carbocycles. The molecule has 1 amide bonds. The minimum atomic E-state index is -0.390. The van der Waals surface area contributed by atoms with E-state index in [0.29, 0.717) is 24.6 Å². The van der Waals surface area contributed by atoms with Crippen molar-refractivity contribution in [2.24, 2.45) is 5.92 Å². The van der Waals surface area contributed by atoms with Gasteiger partial charge in [0.05, 0.1) is 11.3 Å². The van der Waals surface area contributed by atoms with Crippen LogP contribution in [0.4, 0.5) is 10.1 Å². The lowest BCUT2D eigenvalue weighted by atomic mass is 10.1. The van der Waals surface area contributed by atoms with E-state index in [0.717, 1.165) is 12.8 Å². The number of hydrogen-bond donors (Lipinski definition) is 2. The molecule has 0 bridgehead atoms. The molecule has 1 aromatic rings. The topological polar surface area (TPSA) is 41.1 Å². The molecule has 0 aliphatic heterocycles. The largest absolute Gasteiger partial charge is 0.382 e. The van der Waals surface area contributed by atoms with Crippen molar-refractivity contribution in [2.45, 2.75) is 40.0 Å². The Labute approximate surface area is 121 Å². The average Bonchev–Trinajstić information content (AvgIpc) is 2.40. The second-order valence-corrected chi connectivity index (χ2v) is 5.34. The number of carbonyl (C=O) groups is 1. The van der Waals surface area contributed by atoms with Crippen molar-refractivity contribution in [2.75, 3.05) is 18.4 Å². The number of anilines is 1. The van der Waals surface area contributed by atoms with Gasteiger partial charge in [0.25, 0.3) is 5.91 Å². The van der Waals surface area contributed by atoms with E-state index in [-0.39, 0.29) is 17.4 Å². The second kappa shape index (κ2) is 8.56. The van der Waals surface area contributed by atoms with Crippen LogP contribution < -0.4 is 10.6 Å². The summed E-state index contributed by atoms with van der Waals surface area (Å²) >= 11 is 0. The minimum Gasteiger partial charge on any atom is -0.382 e. The molecule has 1 rings (SSSR count). The van der Waals surface area contributed by atoms with Gasteiger partial charge in [-0.15, -0.1) is 0 Å². The summed E-state index contributed by atoms with van der Waals surface area (Å²) in [6, 6.07) is 4.56. The van der Waals surface area contributed by atoms with Gasteiger partial charge in [0.1, 0.15) is 5.82 Å². The fraction of sp³-hybridized carbons (Fsp3) is 0.562. The number of para-hydroxylation sites is 1. The van der Waals surface area contributed by atoms with Crippen LogP contribution in [-0.4, -0.2) is 19.0 Å². The Bertz CT molecular complexity index is 432. The number of hydrogen-bond acceptors (Lipinski definition) is 2. The normalized spacial score (nSPS) is 10.7. The highest BCUT2D eigenvalue weighted by Crippen LogP contribution is 2.19. The number of nitrogens with one attached hydrogen (secondary N) is 2. The van der Waals surface area contributed by atoms with Crippen LogP contribution in [0.15, 0.2) is 18.2 Å². The van der Waals surface area contributed by atoms with Crippen LogP contribution in [0.5, 0.6) is 0 Å². The number of rotatable bonds is 8. The van der Waals surface area contributed by atoms with Crippen molar-refractivity contribution in [3.8, 4) is 0 Å². The molecule has 0 aliphatic rings. The summed E-state index contributed by atoms with van der Waals surface area (Å²) in [5.74, 6) is 0.0820. The van der Waals surface area contributed by atoms with E-state index in [4.69, 9.17) is 0 Å². The lowest BCUT2D eigenvalue weighted by molar-refractivity contribution is 0.0953. The van der Waals surface area contributed by atoms with E-state index < -0.39 is 0 Å². The molecule has 0 saturated heterocycles. The number of benzene rings is 1. The number of carbonyl (C=O) groups excluding carboxylic acids is 1. The van der Waals surface area contributed by atoms with Gasteiger partial charge in [0.15, 0.2) is 0 Å². The molecule has 2 N–H and O–H groups in total. The molecule has 3 nitrogen and oxygen atoms in total. The fourth-order valence-corrected chi connectivity index (χ4v) is 2.04. The van der Waals surface area contributed by atoms with Crippen LogP contribution in [0.1, 0.15) is 50.4 Å². The Kier molecular flexibility index (Phi) is 7.05. The first kappa shape index (κ1) is 16.5. The van der Waals surface area contributed by atoms with Gasteiger partial charge in [0.2, 0.25) is 0 Å². The van der Waals surface area contributed by atoms with Crippen LogP contribution in [0.3, 0.4) is 0 Å². The van der Waals surface area contributed by atoms with Crippen LogP contribution in [-0.2, 0) is 0 Å². The molecule has 4 heteroatoms. The highest BCUT2D eigenvalue weighted by atomic mass is 19.1. The van der Waals surface area contributed by atoms with Crippen molar-refractivity contribution in [1.29, 1.82) is 0 Å². The molecule has 112 valence electrons. The summed E-state index contributed by atoms with van der Waals surface area (Å²) < 4.78 is 13.7. The molecule has 0 aliphatic carbocycles. The molecule has 0 heterocycles. The Morgan fingerprint density at radius 1 is 1.30 bits per heavy atom. The van der Waals surface area contributed by atoms with Gasteiger partial charge >= 0.3 is 0 Å².